The summed E-state index contributed by atoms with van der Waals surface area (Å²) in [5, 5.41) is 12.7. The normalized spacial score (nSPS) is 13.7. The maximum Gasteiger partial charge on any atom is 0.268 e. The second-order valence-electron chi connectivity index (χ2n) is 7.76. The number of carbonyl (C=O) groups is 2. The fourth-order valence-corrected chi connectivity index (χ4v) is 4.06. The average Bonchev–Trinajstić information content (AvgIpc) is 3.19. The maximum absolute atomic E-state index is 13.9. The molecule has 0 spiro atoms. The molecule has 0 aliphatic carbocycles. The quantitative estimate of drug-likeness (QED) is 0.324. The number of benzene rings is 4. The minimum absolute atomic E-state index is 0.382. The van der Waals surface area contributed by atoms with Gasteiger partial charge in [0.2, 0.25) is 0 Å². The van der Waals surface area contributed by atoms with Gasteiger partial charge in [-0.1, -0.05) is 72.8 Å². The van der Waals surface area contributed by atoms with Gasteiger partial charge in [-0.15, -0.1) is 0 Å². The van der Waals surface area contributed by atoms with Crippen LogP contribution in [0.1, 0.15) is 27.0 Å². The van der Waals surface area contributed by atoms with Crippen molar-refractivity contribution in [1.82, 2.24) is 0 Å². The molecule has 1 N–H and O–H groups in total. The van der Waals surface area contributed by atoms with Gasteiger partial charge in [0.05, 0.1) is 28.6 Å². The molecule has 0 radical (unpaired) electrons. The van der Waals surface area contributed by atoms with Crippen molar-refractivity contribution >= 4 is 34.5 Å². The van der Waals surface area contributed by atoms with E-state index in [1.54, 1.807) is 48.5 Å². The van der Waals surface area contributed by atoms with Crippen LogP contribution in [0.5, 0.6) is 0 Å². The topological polar surface area (TPSA) is 73.2 Å². The van der Waals surface area contributed by atoms with Crippen LogP contribution in [0.4, 0.5) is 11.4 Å². The van der Waals surface area contributed by atoms with Crippen LogP contribution in [0.2, 0.25) is 0 Å². The predicted molar refractivity (Wildman–Crippen MR) is 133 cm³/mol. The molecule has 5 nitrogen and oxygen atoms in total. The highest BCUT2D eigenvalue weighted by Gasteiger charge is 2.39. The average molecular weight is 441 g/mol. The van der Waals surface area contributed by atoms with Crippen molar-refractivity contribution in [1.29, 1.82) is 5.26 Å². The first kappa shape index (κ1) is 20.9. The molecule has 5 heteroatoms. The molecule has 1 heterocycles. The third-order valence-corrected chi connectivity index (χ3v) is 5.63. The van der Waals surface area contributed by atoms with E-state index >= 15 is 0 Å². The van der Waals surface area contributed by atoms with E-state index in [0.717, 1.165) is 5.56 Å². The van der Waals surface area contributed by atoms with E-state index in [-0.39, 0.29) is 5.91 Å². The Kier molecular flexibility index (Phi) is 5.47. The number of para-hydroxylation sites is 1. The largest absolute Gasteiger partial charge is 0.354 e. The number of nitrogens with one attached hydrogen (secondary N) is 1. The number of carbonyl (C=O) groups excluding carboxylic acids is 2. The molecule has 4 aromatic carbocycles. The zero-order chi connectivity index (χ0) is 23.5. The number of amides is 2. The summed E-state index contributed by atoms with van der Waals surface area (Å²) in [6, 6.07) is 34.7. The highest BCUT2D eigenvalue weighted by atomic mass is 16.2. The summed E-state index contributed by atoms with van der Waals surface area (Å²) in [4.78, 5) is 28.5. The minimum Gasteiger partial charge on any atom is -0.354 e. The van der Waals surface area contributed by atoms with Gasteiger partial charge in [-0.25, -0.2) is 4.90 Å². The second kappa shape index (κ2) is 8.89. The number of fused-ring (bicyclic) bond motifs is 1. The second-order valence-corrected chi connectivity index (χ2v) is 7.76. The molecule has 0 bridgehead atoms. The van der Waals surface area contributed by atoms with Crippen LogP contribution in [0, 0.1) is 11.3 Å². The summed E-state index contributed by atoms with van der Waals surface area (Å²) >= 11 is 0. The van der Waals surface area contributed by atoms with Crippen molar-refractivity contribution in [2.24, 2.45) is 0 Å². The van der Waals surface area contributed by atoms with E-state index in [1.165, 1.54) is 4.90 Å². The summed E-state index contributed by atoms with van der Waals surface area (Å²) in [5.74, 6) is -0.787. The molecule has 0 fully saturated rings. The molecule has 0 aromatic heterocycles. The first-order valence-electron chi connectivity index (χ1n) is 10.8. The van der Waals surface area contributed by atoms with Crippen molar-refractivity contribution < 1.29 is 9.59 Å². The molecular weight excluding hydrogens is 422 g/mol. The van der Waals surface area contributed by atoms with Gasteiger partial charge in [0.15, 0.2) is 0 Å². The van der Waals surface area contributed by atoms with Crippen LogP contribution in [0.3, 0.4) is 0 Å². The lowest BCUT2D eigenvalue weighted by molar-refractivity contribution is -0.112. The zero-order valence-electron chi connectivity index (χ0n) is 18.1. The molecule has 4 aromatic rings. The van der Waals surface area contributed by atoms with Gasteiger partial charge in [0, 0.05) is 16.8 Å². The van der Waals surface area contributed by atoms with Gasteiger partial charge in [0.25, 0.3) is 11.8 Å². The zero-order valence-corrected chi connectivity index (χ0v) is 18.1. The highest BCUT2D eigenvalue weighted by Crippen LogP contribution is 2.41. The van der Waals surface area contributed by atoms with E-state index in [4.69, 9.17) is 0 Å². The molecular formula is C29H19N3O2. The number of hydrogen-bond donors (Lipinski definition) is 1. The van der Waals surface area contributed by atoms with Crippen LogP contribution >= 0.6 is 0 Å². The first-order chi connectivity index (χ1) is 16.7. The number of rotatable bonds is 4. The summed E-state index contributed by atoms with van der Waals surface area (Å²) in [6.07, 6.45) is 0. The van der Waals surface area contributed by atoms with Crippen LogP contribution in [-0.4, -0.2) is 11.8 Å². The standard InChI is InChI=1S/C29H19N3O2/c30-19-20-10-9-15-23(18-20)31-27(21-11-3-1-4-12-21)26-24-16-7-8-17-25(24)32(29(26)34)28(33)22-13-5-2-6-14-22/h1-18,31H. The fraction of sp³-hybridized carbons (Fsp3) is 0. The lowest BCUT2D eigenvalue weighted by atomic mass is 10.00. The van der Waals surface area contributed by atoms with Crippen LogP contribution < -0.4 is 10.2 Å². The van der Waals surface area contributed by atoms with Gasteiger partial charge in [-0.05, 0) is 42.0 Å². The number of imide groups is 1. The third kappa shape index (κ3) is 3.74. The molecule has 2 amide bonds. The van der Waals surface area contributed by atoms with Crippen LogP contribution in [0.15, 0.2) is 109 Å². The van der Waals surface area contributed by atoms with Crippen molar-refractivity contribution in [3.8, 4) is 6.07 Å². The van der Waals surface area contributed by atoms with Gasteiger partial charge in [-0.3, -0.25) is 9.59 Å². The molecule has 162 valence electrons. The number of anilines is 2. The monoisotopic (exact) mass is 441 g/mol. The molecule has 0 saturated carbocycles. The van der Waals surface area contributed by atoms with Crippen LogP contribution in [-0.2, 0) is 4.79 Å². The van der Waals surface area contributed by atoms with Gasteiger partial charge < -0.3 is 5.32 Å². The Balaban J connectivity index is 1.70. The lowest BCUT2D eigenvalue weighted by Gasteiger charge is -2.17. The minimum atomic E-state index is -0.405. The van der Waals surface area contributed by atoms with E-state index in [1.807, 2.05) is 60.7 Å². The molecule has 0 saturated heterocycles. The summed E-state index contributed by atoms with van der Waals surface area (Å²) < 4.78 is 0. The van der Waals surface area contributed by atoms with Crippen molar-refractivity contribution in [3.63, 3.8) is 0 Å². The lowest BCUT2D eigenvalue weighted by Crippen LogP contribution is -2.33. The molecule has 34 heavy (non-hydrogen) atoms. The van der Waals surface area contributed by atoms with E-state index < -0.39 is 5.91 Å². The van der Waals surface area contributed by atoms with E-state index in [0.29, 0.717) is 39.3 Å². The van der Waals surface area contributed by atoms with E-state index in [9.17, 15) is 14.9 Å². The molecule has 1 aliphatic heterocycles. The Morgan fingerprint density at radius 1 is 0.765 bits per heavy atom. The Labute approximate surface area is 197 Å². The predicted octanol–water partition coefficient (Wildman–Crippen LogP) is 5.73. The van der Waals surface area contributed by atoms with Gasteiger partial charge >= 0.3 is 0 Å². The maximum atomic E-state index is 13.9. The van der Waals surface area contributed by atoms with Crippen LogP contribution in [0.25, 0.3) is 11.3 Å². The highest BCUT2D eigenvalue weighted by molar-refractivity contribution is 6.45. The Bertz CT molecular complexity index is 1470. The fourth-order valence-electron chi connectivity index (χ4n) is 4.06. The van der Waals surface area contributed by atoms with Crippen molar-refractivity contribution in [2.75, 3.05) is 10.2 Å². The Morgan fingerprint density at radius 3 is 2.12 bits per heavy atom. The molecule has 1 aliphatic rings. The molecule has 0 atom stereocenters. The third-order valence-electron chi connectivity index (χ3n) is 5.63. The summed E-state index contributed by atoms with van der Waals surface area (Å²) in [5.41, 5.74) is 4.56. The Hall–Kier alpha value is -4.95. The molecule has 0 unspecified atom stereocenters. The number of hydrogen-bond acceptors (Lipinski definition) is 4. The van der Waals surface area contributed by atoms with Gasteiger partial charge in [0.1, 0.15) is 0 Å². The summed E-state index contributed by atoms with van der Waals surface area (Å²) in [7, 11) is 0. The Morgan fingerprint density at radius 2 is 1.41 bits per heavy atom. The number of nitriles is 1. The number of nitrogens with zero attached hydrogens (tertiary/aromatic N) is 2. The van der Waals surface area contributed by atoms with Crippen molar-refractivity contribution in [2.45, 2.75) is 0 Å². The van der Waals surface area contributed by atoms with E-state index in [2.05, 4.69) is 11.4 Å². The first-order valence-corrected chi connectivity index (χ1v) is 10.8. The smallest absolute Gasteiger partial charge is 0.268 e. The SMILES string of the molecule is N#Cc1cccc(NC(=C2C(=O)N(C(=O)c3ccccc3)c3ccccc32)c2ccccc2)c1. The van der Waals surface area contributed by atoms with Crippen molar-refractivity contribution in [3.05, 3.63) is 131 Å². The van der Waals surface area contributed by atoms with Gasteiger partial charge in [-0.2, -0.15) is 5.26 Å². The molecule has 5 rings (SSSR count). The summed E-state index contributed by atoms with van der Waals surface area (Å²) in [6.45, 7) is 0.